The molecule has 2 saturated heterocycles. The fraction of sp³-hybridized carbons (Fsp3) is 0.529. The van der Waals surface area contributed by atoms with Crippen LogP contribution in [0.5, 0.6) is 5.75 Å². The lowest BCUT2D eigenvalue weighted by Crippen LogP contribution is -2.44. The van der Waals surface area contributed by atoms with Gasteiger partial charge in [0.15, 0.2) is 0 Å². The molecule has 0 radical (unpaired) electrons. The summed E-state index contributed by atoms with van der Waals surface area (Å²) in [4.78, 5) is 17.1. The number of aromatic nitrogens is 4. The molecule has 0 aliphatic carbocycles. The number of amides is 1. The summed E-state index contributed by atoms with van der Waals surface area (Å²) in [5.41, 5.74) is 1.31. The Hall–Kier alpha value is -2.48. The summed E-state index contributed by atoms with van der Waals surface area (Å²) in [6.45, 7) is 3.74. The predicted molar refractivity (Wildman–Crippen MR) is 90.5 cm³/mol. The normalized spacial score (nSPS) is 20.3. The van der Waals surface area contributed by atoms with E-state index in [1.54, 1.807) is 12.1 Å². The van der Waals surface area contributed by atoms with Gasteiger partial charge in [0.05, 0.1) is 11.3 Å². The third-order valence-corrected chi connectivity index (χ3v) is 5.56. The van der Waals surface area contributed by atoms with Crippen LogP contribution < -0.4 is 0 Å². The molecule has 0 atom stereocenters. The maximum atomic E-state index is 12.9. The topological polar surface area (TPSA) is 87.4 Å². The second kappa shape index (κ2) is 6.11. The summed E-state index contributed by atoms with van der Waals surface area (Å²) < 4.78 is 1.47. The standard InChI is InChI=1S/C17H22N6O2/c1-21-7-4-17(11-21)5-8-22(9-6-17)16(25)14-10-13(2-3-15(14)24)23-12-18-19-20-23/h2-3,10,12,24H,4-9,11H2,1H3. The molecule has 132 valence electrons. The number of hydrogen-bond acceptors (Lipinski definition) is 6. The number of carbonyl (C=O) groups excluding carboxylic acids is 1. The number of benzene rings is 1. The number of phenolic OH excluding ortho intramolecular Hbond substituents is 1. The minimum atomic E-state index is -0.131. The Morgan fingerprint density at radius 3 is 2.60 bits per heavy atom. The highest BCUT2D eigenvalue weighted by Gasteiger charge is 2.40. The molecule has 2 aliphatic rings. The Labute approximate surface area is 146 Å². The van der Waals surface area contributed by atoms with Crippen LogP contribution in [0.25, 0.3) is 5.69 Å². The smallest absolute Gasteiger partial charge is 0.257 e. The predicted octanol–water partition coefficient (Wildman–Crippen LogP) is 0.926. The molecule has 1 aromatic carbocycles. The number of nitrogens with zero attached hydrogens (tertiary/aromatic N) is 6. The SMILES string of the molecule is CN1CCC2(CCN(C(=O)c3cc(-n4cnnn4)ccc3O)CC2)C1. The van der Waals surface area contributed by atoms with Crippen molar-refractivity contribution < 1.29 is 9.90 Å². The van der Waals surface area contributed by atoms with Gasteiger partial charge in [0.1, 0.15) is 12.1 Å². The van der Waals surface area contributed by atoms with E-state index in [0.717, 1.165) is 39.0 Å². The van der Waals surface area contributed by atoms with Crippen molar-refractivity contribution in [2.45, 2.75) is 19.3 Å². The van der Waals surface area contributed by atoms with Crippen LogP contribution in [0.2, 0.25) is 0 Å². The van der Waals surface area contributed by atoms with Crippen LogP contribution in [-0.2, 0) is 0 Å². The van der Waals surface area contributed by atoms with Gasteiger partial charge in [0.25, 0.3) is 5.91 Å². The van der Waals surface area contributed by atoms with Crippen LogP contribution in [0.4, 0.5) is 0 Å². The van der Waals surface area contributed by atoms with Crippen LogP contribution in [-0.4, -0.2) is 74.2 Å². The largest absolute Gasteiger partial charge is 0.507 e. The van der Waals surface area contributed by atoms with Gasteiger partial charge in [-0.1, -0.05) is 0 Å². The molecule has 8 nitrogen and oxygen atoms in total. The molecule has 0 bridgehead atoms. The minimum Gasteiger partial charge on any atom is -0.507 e. The van der Waals surface area contributed by atoms with Crippen LogP contribution >= 0.6 is 0 Å². The van der Waals surface area contributed by atoms with Crippen molar-refractivity contribution in [1.29, 1.82) is 0 Å². The first-order valence-electron chi connectivity index (χ1n) is 8.61. The molecule has 1 aromatic heterocycles. The quantitative estimate of drug-likeness (QED) is 0.873. The molecule has 2 aromatic rings. The second-order valence-corrected chi connectivity index (χ2v) is 7.24. The first-order valence-corrected chi connectivity index (χ1v) is 8.61. The van der Waals surface area contributed by atoms with Gasteiger partial charge in [0, 0.05) is 19.6 Å². The number of phenols is 1. The minimum absolute atomic E-state index is 0.0114. The van der Waals surface area contributed by atoms with E-state index >= 15 is 0 Å². The Bertz CT molecular complexity index is 767. The van der Waals surface area contributed by atoms with Crippen molar-refractivity contribution in [3.8, 4) is 11.4 Å². The van der Waals surface area contributed by atoms with E-state index in [4.69, 9.17) is 0 Å². The molecule has 0 saturated carbocycles. The fourth-order valence-corrected chi connectivity index (χ4v) is 4.04. The molecule has 0 unspecified atom stereocenters. The Morgan fingerprint density at radius 2 is 1.96 bits per heavy atom. The van der Waals surface area contributed by atoms with Crippen LogP contribution in [0.1, 0.15) is 29.6 Å². The van der Waals surface area contributed by atoms with E-state index in [0.29, 0.717) is 16.7 Å². The Morgan fingerprint density at radius 1 is 1.20 bits per heavy atom. The maximum Gasteiger partial charge on any atom is 0.257 e. The molecule has 2 aliphatic heterocycles. The van der Waals surface area contributed by atoms with Gasteiger partial charge in [-0.3, -0.25) is 4.79 Å². The Kier molecular flexibility index (Phi) is 3.91. The zero-order valence-electron chi connectivity index (χ0n) is 14.3. The molecular formula is C17H22N6O2. The average Bonchev–Trinajstić information content (AvgIpc) is 3.26. The highest BCUT2D eigenvalue weighted by molar-refractivity contribution is 5.97. The second-order valence-electron chi connectivity index (χ2n) is 7.24. The lowest BCUT2D eigenvalue weighted by molar-refractivity contribution is 0.0591. The number of carbonyl (C=O) groups is 1. The van der Waals surface area contributed by atoms with Gasteiger partial charge < -0.3 is 14.9 Å². The van der Waals surface area contributed by atoms with E-state index in [9.17, 15) is 9.90 Å². The summed E-state index contributed by atoms with van der Waals surface area (Å²) in [6, 6.07) is 4.84. The fourth-order valence-electron chi connectivity index (χ4n) is 4.04. The van der Waals surface area contributed by atoms with E-state index in [1.165, 1.54) is 23.5 Å². The average molecular weight is 342 g/mol. The van der Waals surface area contributed by atoms with Gasteiger partial charge in [-0.2, -0.15) is 0 Å². The van der Waals surface area contributed by atoms with E-state index in [1.807, 2.05) is 4.90 Å². The third-order valence-electron chi connectivity index (χ3n) is 5.56. The maximum absolute atomic E-state index is 12.9. The molecule has 1 amide bonds. The molecule has 25 heavy (non-hydrogen) atoms. The van der Waals surface area contributed by atoms with Gasteiger partial charge in [0.2, 0.25) is 0 Å². The molecule has 8 heteroatoms. The molecule has 3 heterocycles. The summed E-state index contributed by atoms with van der Waals surface area (Å²) >= 11 is 0. The van der Waals surface area contributed by atoms with Crippen LogP contribution in [0.15, 0.2) is 24.5 Å². The molecule has 2 fully saturated rings. The Balaban J connectivity index is 1.51. The van der Waals surface area contributed by atoms with Crippen molar-refractivity contribution in [1.82, 2.24) is 30.0 Å². The van der Waals surface area contributed by atoms with E-state index in [-0.39, 0.29) is 11.7 Å². The third kappa shape index (κ3) is 2.97. The zero-order chi connectivity index (χ0) is 17.4. The number of piperidine rings is 1. The molecule has 1 N–H and O–H groups in total. The van der Waals surface area contributed by atoms with Crippen molar-refractivity contribution in [3.63, 3.8) is 0 Å². The summed E-state index contributed by atoms with van der Waals surface area (Å²) in [6.07, 6.45) is 4.72. The number of likely N-dealkylation sites (tertiary alicyclic amines) is 2. The number of aromatic hydroxyl groups is 1. The lowest BCUT2D eigenvalue weighted by Gasteiger charge is -2.39. The van der Waals surface area contributed by atoms with Crippen molar-refractivity contribution in [2.75, 3.05) is 33.2 Å². The summed E-state index contributed by atoms with van der Waals surface area (Å²) in [5.74, 6) is -0.142. The van der Waals surface area contributed by atoms with E-state index in [2.05, 4.69) is 27.5 Å². The molecular weight excluding hydrogens is 320 g/mol. The van der Waals surface area contributed by atoms with Crippen molar-refractivity contribution in [2.24, 2.45) is 5.41 Å². The van der Waals surface area contributed by atoms with Crippen LogP contribution in [0, 0.1) is 5.41 Å². The molecule has 4 rings (SSSR count). The van der Waals surface area contributed by atoms with Gasteiger partial charge in [-0.05, 0) is 66.9 Å². The van der Waals surface area contributed by atoms with Gasteiger partial charge in [-0.25, -0.2) is 4.68 Å². The van der Waals surface area contributed by atoms with Crippen molar-refractivity contribution >= 4 is 5.91 Å². The highest BCUT2D eigenvalue weighted by Crippen LogP contribution is 2.40. The van der Waals surface area contributed by atoms with Crippen molar-refractivity contribution in [3.05, 3.63) is 30.1 Å². The summed E-state index contributed by atoms with van der Waals surface area (Å²) in [7, 11) is 2.16. The zero-order valence-corrected chi connectivity index (χ0v) is 14.3. The first-order chi connectivity index (χ1) is 12.1. The number of hydrogen-bond donors (Lipinski definition) is 1. The number of rotatable bonds is 2. The lowest BCUT2D eigenvalue weighted by atomic mass is 9.77. The van der Waals surface area contributed by atoms with Crippen LogP contribution in [0.3, 0.4) is 0 Å². The summed E-state index contributed by atoms with van der Waals surface area (Å²) in [5, 5.41) is 21.2. The van der Waals surface area contributed by atoms with Gasteiger partial charge >= 0.3 is 0 Å². The highest BCUT2D eigenvalue weighted by atomic mass is 16.3. The number of tetrazole rings is 1. The first kappa shape index (κ1) is 16.0. The molecule has 1 spiro atoms. The van der Waals surface area contributed by atoms with Gasteiger partial charge in [-0.15, -0.1) is 5.10 Å². The monoisotopic (exact) mass is 342 g/mol. The van der Waals surface area contributed by atoms with E-state index < -0.39 is 0 Å².